The average Bonchev–Trinajstić information content (AvgIpc) is 3.28. The molecule has 0 aliphatic carbocycles. The van der Waals surface area contributed by atoms with Gasteiger partial charge in [0.1, 0.15) is 34.1 Å². The molecule has 0 amide bonds. The zero-order valence-corrected chi connectivity index (χ0v) is 19.7. The van der Waals surface area contributed by atoms with Gasteiger partial charge in [0.15, 0.2) is 0 Å². The fourth-order valence-corrected chi connectivity index (χ4v) is 4.11. The number of nitriles is 1. The van der Waals surface area contributed by atoms with E-state index in [1.807, 2.05) is 86.5 Å². The topological polar surface area (TPSA) is 115 Å². The van der Waals surface area contributed by atoms with Crippen LogP contribution >= 0.6 is 0 Å². The Morgan fingerprint density at radius 2 is 1.71 bits per heavy atom. The van der Waals surface area contributed by atoms with Crippen LogP contribution < -0.4 is 4.90 Å². The summed E-state index contributed by atoms with van der Waals surface area (Å²) in [6.07, 6.45) is 0.431. The van der Waals surface area contributed by atoms with Gasteiger partial charge in [-0.05, 0) is 60.4 Å². The highest BCUT2D eigenvalue weighted by molar-refractivity contribution is 6.00. The minimum absolute atomic E-state index is 0.107. The van der Waals surface area contributed by atoms with Gasteiger partial charge in [-0.3, -0.25) is 0 Å². The molecule has 3 aromatic carbocycles. The summed E-state index contributed by atoms with van der Waals surface area (Å²) in [4.78, 5) is 14.8. The molecular weight excluding hydrogens is 442 g/mol. The SMILES string of the molecule is CCC(=C(C#N)C(=O)O)c1ccc(N(C)Cc2cc(C)cc(-n3nc4ccccc4n3)c2O)cc1. The molecule has 0 atom stereocenters. The lowest BCUT2D eigenvalue weighted by Crippen LogP contribution is -2.17. The number of hydrogen-bond acceptors (Lipinski definition) is 6. The number of aryl methyl sites for hydroxylation is 1. The number of rotatable bonds is 7. The van der Waals surface area contributed by atoms with Crippen molar-refractivity contribution >= 4 is 28.3 Å². The van der Waals surface area contributed by atoms with Crippen LogP contribution in [0, 0.1) is 18.3 Å². The standard InChI is InChI=1S/C27H25N5O3/c1-4-21(22(15-28)27(34)35)18-9-11-20(12-10-18)31(3)16-19-13-17(2)14-25(26(19)33)32-29-23-7-5-6-8-24(23)30-32/h5-14,33H,4,16H2,1-3H3,(H,34,35). The van der Waals surface area contributed by atoms with Crippen LogP contribution in [0.4, 0.5) is 5.69 Å². The van der Waals surface area contributed by atoms with E-state index in [9.17, 15) is 20.3 Å². The van der Waals surface area contributed by atoms with Crippen LogP contribution in [0.2, 0.25) is 0 Å². The van der Waals surface area contributed by atoms with Crippen molar-refractivity contribution in [3.63, 3.8) is 0 Å². The van der Waals surface area contributed by atoms with E-state index in [0.717, 1.165) is 27.8 Å². The summed E-state index contributed by atoms with van der Waals surface area (Å²) in [5.74, 6) is -1.12. The predicted molar refractivity (Wildman–Crippen MR) is 134 cm³/mol. The average molecular weight is 468 g/mol. The van der Waals surface area contributed by atoms with Crippen LogP contribution in [0.3, 0.4) is 0 Å². The molecule has 1 aromatic heterocycles. The summed E-state index contributed by atoms with van der Waals surface area (Å²) < 4.78 is 0. The van der Waals surface area contributed by atoms with Gasteiger partial charge in [0, 0.05) is 24.8 Å². The maximum absolute atomic E-state index is 11.4. The smallest absolute Gasteiger partial charge is 0.346 e. The first-order valence-corrected chi connectivity index (χ1v) is 11.2. The van der Waals surface area contributed by atoms with E-state index in [1.54, 1.807) is 6.07 Å². The van der Waals surface area contributed by atoms with Crippen molar-refractivity contribution in [1.82, 2.24) is 15.0 Å². The molecule has 0 bridgehead atoms. The molecule has 2 N–H and O–H groups in total. The molecule has 35 heavy (non-hydrogen) atoms. The lowest BCUT2D eigenvalue weighted by Gasteiger charge is -2.21. The number of hydrogen-bond donors (Lipinski definition) is 2. The number of aromatic nitrogens is 3. The number of aliphatic carboxylic acids is 1. The summed E-state index contributed by atoms with van der Waals surface area (Å²) in [5, 5.41) is 38.6. The maximum atomic E-state index is 11.4. The van der Waals surface area contributed by atoms with E-state index in [2.05, 4.69) is 10.2 Å². The van der Waals surface area contributed by atoms with E-state index in [1.165, 1.54) is 4.80 Å². The monoisotopic (exact) mass is 467 g/mol. The van der Waals surface area contributed by atoms with E-state index in [0.29, 0.717) is 29.8 Å². The Morgan fingerprint density at radius 1 is 1.09 bits per heavy atom. The Hall–Kier alpha value is -4.64. The molecule has 0 unspecified atom stereocenters. The van der Waals surface area contributed by atoms with Gasteiger partial charge >= 0.3 is 5.97 Å². The Morgan fingerprint density at radius 3 is 2.26 bits per heavy atom. The molecule has 0 spiro atoms. The molecule has 8 nitrogen and oxygen atoms in total. The van der Waals surface area contributed by atoms with E-state index >= 15 is 0 Å². The van der Waals surface area contributed by atoms with Gasteiger partial charge in [-0.1, -0.05) is 37.3 Å². The highest BCUT2D eigenvalue weighted by Crippen LogP contribution is 2.31. The second-order valence-electron chi connectivity index (χ2n) is 8.30. The molecular formula is C27H25N5O3. The number of phenols is 1. The first-order valence-electron chi connectivity index (χ1n) is 11.2. The molecule has 176 valence electrons. The molecule has 4 aromatic rings. The predicted octanol–water partition coefficient (Wildman–Crippen LogP) is 4.84. The molecule has 4 rings (SSSR count). The number of carbonyl (C=O) groups is 1. The number of nitrogens with zero attached hydrogens (tertiary/aromatic N) is 5. The van der Waals surface area contributed by atoms with Crippen molar-refractivity contribution in [2.75, 3.05) is 11.9 Å². The lowest BCUT2D eigenvalue weighted by atomic mass is 9.98. The van der Waals surface area contributed by atoms with Crippen molar-refractivity contribution in [3.05, 3.63) is 82.9 Å². The second-order valence-corrected chi connectivity index (χ2v) is 8.30. The Bertz CT molecular complexity index is 1450. The van der Waals surface area contributed by atoms with Crippen molar-refractivity contribution in [2.45, 2.75) is 26.8 Å². The van der Waals surface area contributed by atoms with Crippen molar-refractivity contribution in [2.24, 2.45) is 0 Å². The molecule has 1 heterocycles. The molecule has 0 aliphatic rings. The van der Waals surface area contributed by atoms with Crippen molar-refractivity contribution < 1.29 is 15.0 Å². The number of fused-ring (bicyclic) bond motifs is 1. The third kappa shape index (κ3) is 4.70. The van der Waals surface area contributed by atoms with E-state index < -0.39 is 5.97 Å². The first-order chi connectivity index (χ1) is 16.8. The van der Waals surface area contributed by atoms with Crippen LogP contribution in [-0.2, 0) is 11.3 Å². The van der Waals surface area contributed by atoms with Gasteiger partial charge in [0.2, 0.25) is 0 Å². The normalized spacial score (nSPS) is 11.7. The number of carboxylic acid groups (broad SMARTS) is 1. The fraction of sp³-hybridized carbons (Fsp3) is 0.185. The number of aromatic hydroxyl groups is 1. The summed E-state index contributed by atoms with van der Waals surface area (Å²) in [7, 11) is 1.91. The molecule has 0 saturated heterocycles. The minimum Gasteiger partial charge on any atom is -0.505 e. The van der Waals surface area contributed by atoms with Gasteiger partial charge in [-0.15, -0.1) is 15.0 Å². The van der Waals surface area contributed by atoms with Crippen LogP contribution in [0.15, 0.2) is 66.2 Å². The third-order valence-corrected chi connectivity index (χ3v) is 5.86. The summed E-state index contributed by atoms with van der Waals surface area (Å²) in [5.41, 5.74) is 5.51. The van der Waals surface area contributed by atoms with Crippen LogP contribution in [-0.4, -0.2) is 38.2 Å². The second kappa shape index (κ2) is 9.69. The third-order valence-electron chi connectivity index (χ3n) is 5.86. The number of allylic oxidation sites excluding steroid dienone is 1. The minimum atomic E-state index is -1.23. The highest BCUT2D eigenvalue weighted by Gasteiger charge is 2.17. The maximum Gasteiger partial charge on any atom is 0.346 e. The first kappa shape index (κ1) is 23.5. The largest absolute Gasteiger partial charge is 0.505 e. The van der Waals surface area contributed by atoms with Crippen molar-refractivity contribution in [3.8, 4) is 17.5 Å². The summed E-state index contributed by atoms with van der Waals surface area (Å²) in [6.45, 7) is 4.21. The van der Waals surface area contributed by atoms with Gasteiger partial charge in [0.05, 0.1) is 0 Å². The summed E-state index contributed by atoms with van der Waals surface area (Å²) in [6, 6.07) is 20.5. The number of phenolic OH excluding ortho intramolecular Hbond substituents is 1. The zero-order valence-electron chi connectivity index (χ0n) is 19.7. The van der Waals surface area contributed by atoms with Crippen molar-refractivity contribution in [1.29, 1.82) is 5.26 Å². The van der Waals surface area contributed by atoms with Crippen LogP contribution in [0.5, 0.6) is 5.75 Å². The Kier molecular flexibility index (Phi) is 6.51. The van der Waals surface area contributed by atoms with E-state index in [-0.39, 0.29) is 11.3 Å². The molecule has 8 heteroatoms. The van der Waals surface area contributed by atoms with E-state index in [4.69, 9.17) is 0 Å². The molecule has 0 aliphatic heterocycles. The quantitative estimate of drug-likeness (QED) is 0.295. The van der Waals surface area contributed by atoms with Gasteiger partial charge < -0.3 is 15.1 Å². The Labute approximate surface area is 203 Å². The van der Waals surface area contributed by atoms with Crippen LogP contribution in [0.25, 0.3) is 22.3 Å². The number of anilines is 1. The highest BCUT2D eigenvalue weighted by atomic mass is 16.4. The van der Waals surface area contributed by atoms with Crippen LogP contribution in [0.1, 0.15) is 30.0 Å². The van der Waals surface area contributed by atoms with Gasteiger partial charge in [-0.2, -0.15) is 5.26 Å². The zero-order chi connectivity index (χ0) is 25.1. The van der Waals surface area contributed by atoms with Gasteiger partial charge in [-0.25, -0.2) is 4.79 Å². The molecule has 0 fully saturated rings. The summed E-state index contributed by atoms with van der Waals surface area (Å²) >= 11 is 0. The lowest BCUT2D eigenvalue weighted by molar-refractivity contribution is -0.132. The molecule has 0 radical (unpaired) electrons. The van der Waals surface area contributed by atoms with Gasteiger partial charge in [0.25, 0.3) is 0 Å². The fourth-order valence-electron chi connectivity index (χ4n) is 4.11. The molecule has 0 saturated carbocycles. The number of benzene rings is 3. The number of carboxylic acids is 1. The Balaban J connectivity index is 1.62.